The molecular weight excluding hydrogens is 344 g/mol. The van der Waals surface area contributed by atoms with E-state index in [1.54, 1.807) is 19.2 Å². The van der Waals surface area contributed by atoms with Crippen LogP contribution >= 0.6 is 0 Å². The van der Waals surface area contributed by atoms with Crippen molar-refractivity contribution in [2.45, 2.75) is 0 Å². The molecule has 1 aliphatic rings. The second-order valence-electron chi connectivity index (χ2n) is 6.13. The van der Waals surface area contributed by atoms with E-state index in [9.17, 15) is 10.1 Å². The first-order chi connectivity index (χ1) is 13.1. The Morgan fingerprint density at radius 2 is 1.74 bits per heavy atom. The molecule has 0 saturated carbocycles. The van der Waals surface area contributed by atoms with Gasteiger partial charge in [0.2, 0.25) is 0 Å². The van der Waals surface area contributed by atoms with Gasteiger partial charge < -0.3 is 14.5 Å². The molecule has 27 heavy (non-hydrogen) atoms. The molecule has 0 bridgehead atoms. The van der Waals surface area contributed by atoms with Crippen molar-refractivity contribution in [3.63, 3.8) is 0 Å². The second kappa shape index (κ2) is 8.23. The largest absolute Gasteiger partial charge is 0.497 e. The number of nitro benzene ring substituents is 1. The van der Waals surface area contributed by atoms with Crippen LogP contribution in [0, 0.1) is 21.4 Å². The summed E-state index contributed by atoms with van der Waals surface area (Å²) in [5.74, 6) is 0.829. The number of nitriles is 1. The maximum Gasteiger partial charge on any atom is 0.269 e. The number of allylic oxidation sites excluding steroid dienone is 1. The highest BCUT2D eigenvalue weighted by atomic mass is 16.6. The quantitative estimate of drug-likeness (QED) is 0.460. The van der Waals surface area contributed by atoms with Crippen LogP contribution in [0.2, 0.25) is 0 Å². The molecule has 1 aliphatic heterocycles. The van der Waals surface area contributed by atoms with Crippen molar-refractivity contribution in [1.29, 1.82) is 5.26 Å². The average Bonchev–Trinajstić information content (AvgIpc) is 2.72. The Morgan fingerprint density at radius 1 is 1.11 bits per heavy atom. The van der Waals surface area contributed by atoms with Crippen LogP contribution in [0.5, 0.6) is 5.75 Å². The number of hydrogen-bond acceptors (Lipinski definition) is 6. The molecule has 7 heteroatoms. The van der Waals surface area contributed by atoms with Gasteiger partial charge in [-0.15, -0.1) is 0 Å². The lowest BCUT2D eigenvalue weighted by atomic mass is 10.1. The molecule has 3 rings (SSSR count). The highest BCUT2D eigenvalue weighted by molar-refractivity contribution is 5.67. The molecule has 2 aromatic rings. The van der Waals surface area contributed by atoms with Gasteiger partial charge in [0, 0.05) is 50.1 Å². The van der Waals surface area contributed by atoms with E-state index in [-0.39, 0.29) is 5.69 Å². The summed E-state index contributed by atoms with van der Waals surface area (Å²) in [5.41, 5.74) is 2.78. The number of ether oxygens (including phenoxy) is 1. The molecule has 1 saturated heterocycles. The topological polar surface area (TPSA) is 82.6 Å². The number of hydrogen-bond donors (Lipinski definition) is 0. The molecule has 0 radical (unpaired) electrons. The standard InChI is InChI=1S/C20H20N4O3/c1-27-19-8-6-17(7-9-19)22-12-14-23(15-13-22)20(10-11-21)16-2-4-18(5-3-16)24(25)26/h2-10H,12-15H2,1H3/b20-10-. The Labute approximate surface area is 157 Å². The first-order valence-corrected chi connectivity index (χ1v) is 8.61. The summed E-state index contributed by atoms with van der Waals surface area (Å²) < 4.78 is 5.20. The lowest BCUT2D eigenvalue weighted by Gasteiger charge is -2.38. The lowest BCUT2D eigenvalue weighted by Crippen LogP contribution is -2.45. The van der Waals surface area contributed by atoms with E-state index < -0.39 is 4.92 Å². The predicted molar refractivity (Wildman–Crippen MR) is 103 cm³/mol. The van der Waals surface area contributed by atoms with E-state index in [0.717, 1.165) is 48.9 Å². The van der Waals surface area contributed by atoms with Gasteiger partial charge in [0.25, 0.3) is 5.69 Å². The molecule has 2 aromatic carbocycles. The highest BCUT2D eigenvalue weighted by Crippen LogP contribution is 2.26. The van der Waals surface area contributed by atoms with E-state index in [2.05, 4.69) is 15.9 Å². The van der Waals surface area contributed by atoms with E-state index in [0.29, 0.717) is 0 Å². The van der Waals surface area contributed by atoms with E-state index in [1.807, 2.05) is 24.3 Å². The van der Waals surface area contributed by atoms with Gasteiger partial charge in [0.1, 0.15) is 5.75 Å². The number of methoxy groups -OCH3 is 1. The summed E-state index contributed by atoms with van der Waals surface area (Å²) in [5, 5.41) is 20.0. The summed E-state index contributed by atoms with van der Waals surface area (Å²) in [7, 11) is 1.65. The van der Waals surface area contributed by atoms with E-state index >= 15 is 0 Å². The molecule has 1 heterocycles. The maximum absolute atomic E-state index is 10.8. The molecule has 0 amide bonds. The Morgan fingerprint density at radius 3 is 2.26 bits per heavy atom. The SMILES string of the molecule is COc1ccc(N2CCN(/C(=C\C#N)c3ccc([N+](=O)[O-])cc3)CC2)cc1. The number of rotatable bonds is 5. The summed E-state index contributed by atoms with van der Waals surface area (Å²) in [6.07, 6.45) is 1.50. The van der Waals surface area contributed by atoms with Gasteiger partial charge in [0.15, 0.2) is 0 Å². The summed E-state index contributed by atoms with van der Waals surface area (Å²) >= 11 is 0. The van der Waals surface area contributed by atoms with Crippen LogP contribution in [0.3, 0.4) is 0 Å². The Balaban J connectivity index is 1.71. The average molecular weight is 364 g/mol. The fourth-order valence-electron chi connectivity index (χ4n) is 3.17. The Kier molecular flexibility index (Phi) is 5.57. The van der Waals surface area contributed by atoms with Crippen molar-refractivity contribution in [2.75, 3.05) is 38.2 Å². The van der Waals surface area contributed by atoms with Crippen molar-refractivity contribution in [1.82, 2.24) is 4.90 Å². The van der Waals surface area contributed by atoms with Crippen molar-refractivity contribution in [3.8, 4) is 11.8 Å². The van der Waals surface area contributed by atoms with Crippen molar-refractivity contribution in [2.24, 2.45) is 0 Å². The van der Waals surface area contributed by atoms with Gasteiger partial charge in [-0.25, -0.2) is 0 Å². The zero-order chi connectivity index (χ0) is 19.2. The van der Waals surface area contributed by atoms with Gasteiger partial charge in [-0.3, -0.25) is 10.1 Å². The first-order valence-electron chi connectivity index (χ1n) is 8.61. The van der Waals surface area contributed by atoms with Crippen molar-refractivity contribution < 1.29 is 9.66 Å². The fraction of sp³-hybridized carbons (Fsp3) is 0.250. The Bertz CT molecular complexity index is 862. The first kappa shape index (κ1) is 18.3. The molecule has 0 spiro atoms. The number of nitrogens with zero attached hydrogens (tertiary/aromatic N) is 4. The number of non-ortho nitro benzene ring substituents is 1. The highest BCUT2D eigenvalue weighted by Gasteiger charge is 2.20. The maximum atomic E-state index is 10.8. The summed E-state index contributed by atoms with van der Waals surface area (Å²) in [4.78, 5) is 14.8. The fourth-order valence-corrected chi connectivity index (χ4v) is 3.17. The van der Waals surface area contributed by atoms with Crippen LogP contribution in [-0.4, -0.2) is 43.1 Å². The number of piperazine rings is 1. The molecule has 0 aromatic heterocycles. The summed E-state index contributed by atoms with van der Waals surface area (Å²) in [6.45, 7) is 3.16. The number of nitro groups is 1. The van der Waals surface area contributed by atoms with Crippen LogP contribution in [0.1, 0.15) is 5.56 Å². The number of anilines is 1. The zero-order valence-electron chi connectivity index (χ0n) is 15.0. The minimum Gasteiger partial charge on any atom is -0.497 e. The molecule has 138 valence electrons. The van der Waals surface area contributed by atoms with E-state index in [1.165, 1.54) is 18.2 Å². The van der Waals surface area contributed by atoms with Gasteiger partial charge in [0.05, 0.1) is 23.8 Å². The minimum atomic E-state index is -0.426. The lowest BCUT2D eigenvalue weighted by molar-refractivity contribution is -0.384. The third-order valence-corrected chi connectivity index (χ3v) is 4.63. The molecule has 0 aliphatic carbocycles. The van der Waals surface area contributed by atoms with Crippen LogP contribution in [0.4, 0.5) is 11.4 Å². The molecule has 7 nitrogen and oxygen atoms in total. The Hall–Kier alpha value is -3.53. The third-order valence-electron chi connectivity index (χ3n) is 4.63. The zero-order valence-corrected chi connectivity index (χ0v) is 15.0. The molecule has 0 unspecified atom stereocenters. The monoisotopic (exact) mass is 364 g/mol. The molecule has 1 fully saturated rings. The normalized spacial score (nSPS) is 14.6. The van der Waals surface area contributed by atoms with Crippen molar-refractivity contribution in [3.05, 3.63) is 70.3 Å². The molecule has 0 atom stereocenters. The smallest absolute Gasteiger partial charge is 0.269 e. The van der Waals surface area contributed by atoms with Gasteiger partial charge in [-0.1, -0.05) is 0 Å². The van der Waals surface area contributed by atoms with Crippen LogP contribution in [0.25, 0.3) is 5.70 Å². The van der Waals surface area contributed by atoms with Crippen LogP contribution in [-0.2, 0) is 0 Å². The summed E-state index contributed by atoms with van der Waals surface area (Å²) in [6, 6.07) is 16.4. The molecular formula is C20H20N4O3. The van der Waals surface area contributed by atoms with Crippen LogP contribution in [0.15, 0.2) is 54.6 Å². The van der Waals surface area contributed by atoms with Gasteiger partial charge in [-0.2, -0.15) is 5.26 Å². The van der Waals surface area contributed by atoms with E-state index in [4.69, 9.17) is 10.00 Å². The van der Waals surface area contributed by atoms with Gasteiger partial charge >= 0.3 is 0 Å². The second-order valence-corrected chi connectivity index (χ2v) is 6.13. The molecule has 0 N–H and O–H groups in total. The predicted octanol–water partition coefficient (Wildman–Crippen LogP) is 3.29. The third kappa shape index (κ3) is 4.18. The van der Waals surface area contributed by atoms with Gasteiger partial charge in [-0.05, 0) is 42.0 Å². The number of benzene rings is 2. The van der Waals surface area contributed by atoms with Crippen molar-refractivity contribution >= 4 is 17.1 Å². The van der Waals surface area contributed by atoms with Crippen LogP contribution < -0.4 is 9.64 Å². The minimum absolute atomic E-state index is 0.0411.